The second kappa shape index (κ2) is 16.1. The Labute approximate surface area is 329 Å². The first-order valence-corrected chi connectivity index (χ1v) is 19.5. The highest BCUT2D eigenvalue weighted by molar-refractivity contribution is 7.92. The van der Waals surface area contributed by atoms with E-state index >= 15 is 0 Å². The van der Waals surface area contributed by atoms with Crippen LogP contribution in [0.3, 0.4) is 0 Å². The molecule has 1 amide bonds. The fourth-order valence-corrected chi connectivity index (χ4v) is 7.76. The fraction of sp³-hybridized carbons (Fsp3) is 0.282. The van der Waals surface area contributed by atoms with Crippen molar-refractivity contribution >= 4 is 55.3 Å². The molecular weight excluding hydrogens is 792 g/mol. The number of hydrogen-bond donors (Lipinski definition) is 3. The summed E-state index contributed by atoms with van der Waals surface area (Å²) in [6, 6.07) is 15.4. The maximum absolute atomic E-state index is 14.7. The van der Waals surface area contributed by atoms with E-state index in [1.165, 1.54) is 25.3 Å². The highest BCUT2D eigenvalue weighted by Gasteiger charge is 2.29. The first-order chi connectivity index (χ1) is 26.8. The zero-order valence-corrected chi connectivity index (χ0v) is 32.6. The Morgan fingerprint density at radius 3 is 2.28 bits per heavy atom. The van der Waals surface area contributed by atoms with Gasteiger partial charge >= 0.3 is 6.09 Å². The summed E-state index contributed by atoms with van der Waals surface area (Å²) in [4.78, 5) is 31.7. The molecule has 0 radical (unpaired) electrons. The van der Waals surface area contributed by atoms with Crippen LogP contribution in [-0.2, 0) is 34.8 Å². The average Bonchev–Trinajstić information content (AvgIpc) is 3.46. The summed E-state index contributed by atoms with van der Waals surface area (Å²) in [6.07, 6.45) is -4.94. The Kier molecular flexibility index (Phi) is 11.5. The molecule has 0 fully saturated rings. The lowest BCUT2D eigenvalue weighted by Gasteiger charge is -2.24. The maximum Gasteiger partial charge on any atom is 0.405 e. The van der Waals surface area contributed by atoms with Crippen molar-refractivity contribution in [2.45, 2.75) is 58.0 Å². The van der Waals surface area contributed by atoms with Gasteiger partial charge in [0.2, 0.25) is 10.0 Å². The minimum Gasteiger partial charge on any atom is -0.497 e. The molecule has 1 atom stereocenters. The molecule has 2 aromatic heterocycles. The van der Waals surface area contributed by atoms with E-state index in [-0.39, 0.29) is 50.3 Å². The van der Waals surface area contributed by atoms with E-state index in [0.717, 1.165) is 26.9 Å². The van der Waals surface area contributed by atoms with Gasteiger partial charge in [-0.25, -0.2) is 35.8 Å². The number of fused-ring (bicyclic) bond motifs is 2. The van der Waals surface area contributed by atoms with Crippen LogP contribution in [0.4, 0.5) is 28.2 Å². The van der Waals surface area contributed by atoms with Crippen LogP contribution in [0.1, 0.15) is 49.3 Å². The largest absolute Gasteiger partial charge is 0.497 e. The summed E-state index contributed by atoms with van der Waals surface area (Å²) in [7, 11) is -2.71. The Hall–Kier alpha value is -5.68. The number of carbonyl (C=O) groups is 1. The quantitative estimate of drug-likeness (QED) is 0.0997. The summed E-state index contributed by atoms with van der Waals surface area (Å²) in [5, 5.41) is 16.3. The van der Waals surface area contributed by atoms with Crippen molar-refractivity contribution in [3.05, 3.63) is 122 Å². The standard InChI is InChI=1S/C39H37ClF4N6O6S/c1-39(2,3)23-7-10-27-29(18-23)45-36(30(46-38(52)53)17-22-15-24(41)19-25(42)16-22)50(37(27)51)31-12-11-28(40)33-34(31)49(20-32(43)44)47-35(33)48-57(54,55)14-13-21-5-8-26(56-4)9-6-21/h5-12,15-16,18-19,30,32,46H,13-14,17,20H2,1-4H3,(H,47,48)(H,52,53)/t30-/m0/s1. The maximum atomic E-state index is 14.7. The molecule has 6 aromatic rings. The van der Waals surface area contributed by atoms with Gasteiger partial charge in [0.1, 0.15) is 29.8 Å². The first-order valence-electron chi connectivity index (χ1n) is 17.5. The summed E-state index contributed by atoms with van der Waals surface area (Å²) in [5.74, 6) is -2.41. The predicted molar refractivity (Wildman–Crippen MR) is 208 cm³/mol. The third kappa shape index (κ3) is 9.15. The number of nitrogens with zero attached hydrogens (tertiary/aromatic N) is 4. The normalized spacial score (nSPS) is 12.7. The molecule has 0 aliphatic carbocycles. The zero-order valence-electron chi connectivity index (χ0n) is 31.0. The third-order valence-corrected chi connectivity index (χ3v) is 10.7. The minimum absolute atomic E-state index is 0.00548. The minimum atomic E-state index is -4.20. The van der Waals surface area contributed by atoms with Crippen molar-refractivity contribution in [3.8, 4) is 11.4 Å². The number of halogens is 5. The van der Waals surface area contributed by atoms with Gasteiger partial charge in [0, 0.05) is 12.5 Å². The van der Waals surface area contributed by atoms with Crippen molar-refractivity contribution in [2.75, 3.05) is 17.6 Å². The molecular formula is C39H37ClF4N6O6S. The van der Waals surface area contributed by atoms with Gasteiger partial charge in [0.05, 0.1) is 51.4 Å². The highest BCUT2D eigenvalue weighted by Crippen LogP contribution is 2.37. The van der Waals surface area contributed by atoms with Crippen LogP contribution in [0.2, 0.25) is 5.02 Å². The van der Waals surface area contributed by atoms with E-state index in [1.807, 2.05) is 20.8 Å². The number of rotatable bonds is 13. The Bertz CT molecular complexity index is 2650. The molecule has 0 bridgehead atoms. The van der Waals surface area contributed by atoms with Gasteiger partial charge in [-0.2, -0.15) is 5.10 Å². The van der Waals surface area contributed by atoms with Crippen LogP contribution in [0.15, 0.2) is 77.6 Å². The van der Waals surface area contributed by atoms with E-state index in [9.17, 15) is 40.7 Å². The molecule has 0 saturated heterocycles. The summed E-state index contributed by atoms with van der Waals surface area (Å²) < 4.78 is 93.4. The van der Waals surface area contributed by atoms with E-state index in [2.05, 4.69) is 15.1 Å². The molecule has 6 rings (SSSR count). The lowest BCUT2D eigenvalue weighted by molar-refractivity contribution is 0.123. The number of ether oxygens (including phenoxy) is 1. The van der Waals surface area contributed by atoms with Gasteiger partial charge in [-0.1, -0.05) is 50.6 Å². The van der Waals surface area contributed by atoms with Crippen molar-refractivity contribution in [2.24, 2.45) is 0 Å². The molecule has 57 heavy (non-hydrogen) atoms. The number of benzene rings is 4. The molecule has 300 valence electrons. The van der Waals surface area contributed by atoms with Crippen molar-refractivity contribution in [1.29, 1.82) is 0 Å². The second-order valence-electron chi connectivity index (χ2n) is 14.3. The summed E-state index contributed by atoms with van der Waals surface area (Å²) in [6.45, 7) is 4.73. The Balaban J connectivity index is 1.58. The van der Waals surface area contributed by atoms with Gasteiger partial charge < -0.3 is 15.2 Å². The molecule has 0 aliphatic heterocycles. The number of aryl methyl sites for hydroxylation is 1. The van der Waals surface area contributed by atoms with Crippen molar-refractivity contribution in [3.63, 3.8) is 0 Å². The topological polar surface area (TPSA) is 157 Å². The van der Waals surface area contributed by atoms with Crippen molar-refractivity contribution in [1.82, 2.24) is 24.6 Å². The first kappa shape index (κ1) is 41.0. The average molecular weight is 829 g/mol. The summed E-state index contributed by atoms with van der Waals surface area (Å²) >= 11 is 6.65. The number of methoxy groups -OCH3 is 1. The molecule has 4 aromatic carbocycles. The lowest BCUT2D eigenvalue weighted by atomic mass is 9.86. The number of aromatic nitrogens is 4. The van der Waals surface area contributed by atoms with Crippen molar-refractivity contribution < 1.29 is 40.6 Å². The number of nitrogens with one attached hydrogen (secondary N) is 2. The van der Waals surface area contributed by atoms with Crippen LogP contribution in [0, 0.1) is 11.6 Å². The monoisotopic (exact) mass is 828 g/mol. The fourth-order valence-electron chi connectivity index (χ4n) is 6.48. The number of alkyl halides is 2. The Morgan fingerprint density at radius 2 is 1.67 bits per heavy atom. The number of hydrogen-bond acceptors (Lipinski definition) is 7. The van der Waals surface area contributed by atoms with E-state index in [4.69, 9.17) is 21.3 Å². The van der Waals surface area contributed by atoms with Crippen LogP contribution in [0.25, 0.3) is 27.5 Å². The highest BCUT2D eigenvalue weighted by atomic mass is 35.5. The number of sulfonamides is 1. The van der Waals surface area contributed by atoms with Gasteiger partial charge in [-0.3, -0.25) is 18.8 Å². The van der Waals surface area contributed by atoms with Crippen LogP contribution in [0.5, 0.6) is 5.75 Å². The molecule has 3 N–H and O–H groups in total. The Morgan fingerprint density at radius 1 is 0.982 bits per heavy atom. The molecule has 0 saturated carbocycles. The van der Waals surface area contributed by atoms with E-state index in [1.54, 1.807) is 36.4 Å². The number of anilines is 1. The SMILES string of the molecule is COc1ccc(CCS(=O)(=O)Nc2nn(CC(F)F)c3c(-n4c([C@H](Cc5cc(F)cc(F)c5)NC(=O)O)nc5cc(C(C)(C)C)ccc5c4=O)ccc(Cl)c23)cc1. The lowest BCUT2D eigenvalue weighted by Crippen LogP contribution is -2.35. The predicted octanol–water partition coefficient (Wildman–Crippen LogP) is 7.77. The molecule has 0 aliphatic rings. The number of carboxylic acid groups (broad SMARTS) is 1. The van der Waals surface area contributed by atoms with Crippen LogP contribution >= 0.6 is 11.6 Å². The second-order valence-corrected chi connectivity index (χ2v) is 16.6. The van der Waals surface area contributed by atoms with Crippen LogP contribution < -0.4 is 20.3 Å². The van der Waals surface area contributed by atoms with Gasteiger partial charge in [-0.15, -0.1) is 0 Å². The van der Waals surface area contributed by atoms with Gasteiger partial charge in [0.25, 0.3) is 12.0 Å². The zero-order chi connectivity index (χ0) is 41.4. The molecule has 12 nitrogen and oxygen atoms in total. The number of amides is 1. The van der Waals surface area contributed by atoms with E-state index in [0.29, 0.717) is 17.4 Å². The van der Waals surface area contributed by atoms with Gasteiger partial charge in [0.15, 0.2) is 5.82 Å². The molecule has 0 spiro atoms. The van der Waals surface area contributed by atoms with Crippen LogP contribution in [-0.4, -0.2) is 58.2 Å². The van der Waals surface area contributed by atoms with E-state index < -0.39 is 75.7 Å². The smallest absolute Gasteiger partial charge is 0.405 e. The summed E-state index contributed by atoms with van der Waals surface area (Å²) in [5.41, 5.74) is 0.0433. The molecule has 2 heterocycles. The van der Waals surface area contributed by atoms with Gasteiger partial charge in [-0.05, 0) is 77.1 Å². The molecule has 0 unspecified atom stereocenters. The molecule has 18 heteroatoms. The third-order valence-electron chi connectivity index (χ3n) is 9.18.